The normalized spacial score (nSPS) is 12.4. The molecule has 0 aliphatic rings. The minimum atomic E-state index is -0.846. The number of nitro benzene ring substituents is 1. The smallest absolute Gasteiger partial charge is 0.307 e. The Hall–Kier alpha value is -1.47. The summed E-state index contributed by atoms with van der Waals surface area (Å²) < 4.78 is 0.450. The van der Waals surface area contributed by atoms with Crippen molar-refractivity contribution in [1.82, 2.24) is 4.90 Å². The Bertz CT molecular complexity index is 507. The fourth-order valence-electron chi connectivity index (χ4n) is 1.84. The number of carboxylic acid groups (broad SMARTS) is 1. The van der Waals surface area contributed by atoms with E-state index in [1.54, 1.807) is 19.1 Å². The highest BCUT2D eigenvalue weighted by Gasteiger charge is 2.19. The lowest BCUT2D eigenvalue weighted by atomic mass is 10.1. The Balaban J connectivity index is 2.88. The molecular formula is C13H17BrN2O4. The number of nitro groups is 1. The predicted octanol–water partition coefficient (Wildman–Crippen LogP) is 2.90. The molecule has 0 radical (unpaired) electrons. The van der Waals surface area contributed by atoms with Crippen LogP contribution in [0, 0.1) is 16.0 Å². The molecule has 0 heterocycles. The summed E-state index contributed by atoms with van der Waals surface area (Å²) in [4.78, 5) is 23.3. The zero-order chi connectivity index (χ0) is 15.3. The predicted molar refractivity (Wildman–Crippen MR) is 78.5 cm³/mol. The molecule has 0 aromatic heterocycles. The second kappa shape index (κ2) is 7.35. The second-order valence-corrected chi connectivity index (χ2v) is 5.37. The maximum atomic E-state index is 10.9. The molecule has 1 atom stereocenters. The molecular weight excluding hydrogens is 328 g/mol. The number of nitrogens with zero attached hydrogens (tertiary/aromatic N) is 2. The van der Waals surface area contributed by atoms with Crippen LogP contribution in [0.1, 0.15) is 19.4 Å². The lowest BCUT2D eigenvalue weighted by Gasteiger charge is -2.23. The summed E-state index contributed by atoms with van der Waals surface area (Å²) in [6.45, 7) is 5.12. The Kier molecular flexibility index (Phi) is 6.09. The van der Waals surface area contributed by atoms with Crippen LogP contribution in [-0.4, -0.2) is 34.0 Å². The SMILES string of the molecule is CCN(Cc1cccc([N+](=O)[O-])c1Br)CC(C)C(=O)O. The molecule has 1 aromatic carbocycles. The summed E-state index contributed by atoms with van der Waals surface area (Å²) >= 11 is 3.25. The van der Waals surface area contributed by atoms with E-state index in [1.165, 1.54) is 6.07 Å². The van der Waals surface area contributed by atoms with Gasteiger partial charge in [0.05, 0.1) is 15.3 Å². The molecule has 0 fully saturated rings. The van der Waals surface area contributed by atoms with Crippen molar-refractivity contribution in [3.8, 4) is 0 Å². The van der Waals surface area contributed by atoms with Crippen LogP contribution in [0.3, 0.4) is 0 Å². The molecule has 0 aliphatic carbocycles. The number of rotatable bonds is 7. The van der Waals surface area contributed by atoms with E-state index in [9.17, 15) is 14.9 Å². The lowest BCUT2D eigenvalue weighted by molar-refractivity contribution is -0.385. The first-order valence-electron chi connectivity index (χ1n) is 6.23. The Morgan fingerprint density at radius 1 is 1.55 bits per heavy atom. The number of carboxylic acids is 1. The van der Waals surface area contributed by atoms with Gasteiger partial charge in [0.2, 0.25) is 0 Å². The molecule has 1 N–H and O–H groups in total. The summed E-state index contributed by atoms with van der Waals surface area (Å²) in [7, 11) is 0. The first-order valence-corrected chi connectivity index (χ1v) is 7.03. The molecule has 1 unspecified atom stereocenters. The van der Waals surface area contributed by atoms with Gasteiger partial charge in [0.15, 0.2) is 0 Å². The second-order valence-electron chi connectivity index (χ2n) is 4.57. The Morgan fingerprint density at radius 2 is 2.20 bits per heavy atom. The van der Waals surface area contributed by atoms with Gasteiger partial charge in [-0.15, -0.1) is 0 Å². The van der Waals surface area contributed by atoms with Crippen LogP contribution in [-0.2, 0) is 11.3 Å². The summed E-state index contributed by atoms with van der Waals surface area (Å²) in [6.07, 6.45) is 0. The molecule has 110 valence electrons. The van der Waals surface area contributed by atoms with Crippen molar-refractivity contribution >= 4 is 27.6 Å². The van der Waals surface area contributed by atoms with E-state index in [4.69, 9.17) is 5.11 Å². The lowest BCUT2D eigenvalue weighted by Crippen LogP contribution is -2.31. The molecule has 0 amide bonds. The average molecular weight is 345 g/mol. The van der Waals surface area contributed by atoms with Crippen molar-refractivity contribution in [2.24, 2.45) is 5.92 Å². The monoisotopic (exact) mass is 344 g/mol. The number of hydrogen-bond acceptors (Lipinski definition) is 4. The highest BCUT2D eigenvalue weighted by molar-refractivity contribution is 9.10. The van der Waals surface area contributed by atoms with Gasteiger partial charge in [0, 0.05) is 19.2 Å². The zero-order valence-electron chi connectivity index (χ0n) is 11.4. The summed E-state index contributed by atoms with van der Waals surface area (Å²) in [5, 5.41) is 19.8. The number of halogens is 1. The van der Waals surface area contributed by atoms with Crippen LogP contribution in [0.4, 0.5) is 5.69 Å². The first kappa shape index (κ1) is 16.6. The minimum Gasteiger partial charge on any atom is -0.481 e. The van der Waals surface area contributed by atoms with Crippen molar-refractivity contribution in [2.45, 2.75) is 20.4 Å². The van der Waals surface area contributed by atoms with Gasteiger partial charge in [0.25, 0.3) is 5.69 Å². The van der Waals surface area contributed by atoms with Gasteiger partial charge in [0.1, 0.15) is 0 Å². The number of carbonyl (C=O) groups is 1. The summed E-state index contributed by atoms with van der Waals surface area (Å²) in [5.74, 6) is -1.33. The average Bonchev–Trinajstić information content (AvgIpc) is 2.39. The molecule has 0 saturated heterocycles. The highest BCUT2D eigenvalue weighted by Crippen LogP contribution is 2.29. The van der Waals surface area contributed by atoms with E-state index in [0.717, 1.165) is 5.56 Å². The molecule has 1 aromatic rings. The van der Waals surface area contributed by atoms with Crippen molar-refractivity contribution in [2.75, 3.05) is 13.1 Å². The van der Waals surface area contributed by atoms with E-state index in [1.807, 2.05) is 11.8 Å². The van der Waals surface area contributed by atoms with E-state index >= 15 is 0 Å². The fraction of sp³-hybridized carbons (Fsp3) is 0.462. The standard InChI is InChI=1S/C13H17BrN2O4/c1-3-15(7-9(2)13(17)18)8-10-5-4-6-11(12(10)14)16(19)20/h4-6,9H,3,7-8H2,1-2H3,(H,17,18). The molecule has 20 heavy (non-hydrogen) atoms. The maximum absolute atomic E-state index is 10.9. The Morgan fingerprint density at radius 3 is 2.70 bits per heavy atom. The molecule has 0 saturated carbocycles. The Labute approximate surface area is 125 Å². The first-order chi connectivity index (χ1) is 9.36. The van der Waals surface area contributed by atoms with Crippen molar-refractivity contribution in [1.29, 1.82) is 0 Å². The summed E-state index contributed by atoms with van der Waals surface area (Å²) in [5.41, 5.74) is 0.795. The van der Waals surface area contributed by atoms with E-state index in [-0.39, 0.29) is 5.69 Å². The number of aliphatic carboxylic acids is 1. The van der Waals surface area contributed by atoms with Gasteiger partial charge < -0.3 is 5.11 Å². The van der Waals surface area contributed by atoms with Crippen LogP contribution in [0.5, 0.6) is 0 Å². The van der Waals surface area contributed by atoms with Crippen LogP contribution >= 0.6 is 15.9 Å². The van der Waals surface area contributed by atoms with Crippen LogP contribution < -0.4 is 0 Å². The third kappa shape index (κ3) is 4.28. The fourth-order valence-corrected chi connectivity index (χ4v) is 2.38. The van der Waals surface area contributed by atoms with Gasteiger partial charge in [-0.25, -0.2) is 0 Å². The molecule has 7 heteroatoms. The molecule has 1 rings (SSSR count). The zero-order valence-corrected chi connectivity index (χ0v) is 13.0. The molecule has 0 bridgehead atoms. The largest absolute Gasteiger partial charge is 0.481 e. The maximum Gasteiger partial charge on any atom is 0.307 e. The van der Waals surface area contributed by atoms with Crippen molar-refractivity contribution in [3.63, 3.8) is 0 Å². The van der Waals surface area contributed by atoms with Gasteiger partial charge >= 0.3 is 5.97 Å². The van der Waals surface area contributed by atoms with Crippen molar-refractivity contribution < 1.29 is 14.8 Å². The highest BCUT2D eigenvalue weighted by atomic mass is 79.9. The van der Waals surface area contributed by atoms with Gasteiger partial charge in [-0.2, -0.15) is 0 Å². The van der Waals surface area contributed by atoms with Crippen molar-refractivity contribution in [3.05, 3.63) is 38.3 Å². The summed E-state index contributed by atoms with van der Waals surface area (Å²) in [6, 6.07) is 4.86. The van der Waals surface area contributed by atoms with E-state index < -0.39 is 16.8 Å². The van der Waals surface area contributed by atoms with E-state index in [2.05, 4.69) is 15.9 Å². The van der Waals surface area contributed by atoms with Crippen LogP contribution in [0.2, 0.25) is 0 Å². The van der Waals surface area contributed by atoms with Gasteiger partial charge in [-0.05, 0) is 28.0 Å². The third-order valence-electron chi connectivity index (χ3n) is 3.05. The van der Waals surface area contributed by atoms with Gasteiger partial charge in [-0.3, -0.25) is 19.8 Å². The third-order valence-corrected chi connectivity index (χ3v) is 3.97. The quantitative estimate of drug-likeness (QED) is 0.607. The number of benzene rings is 1. The van der Waals surface area contributed by atoms with Crippen LogP contribution in [0.25, 0.3) is 0 Å². The van der Waals surface area contributed by atoms with E-state index in [0.29, 0.717) is 24.1 Å². The topological polar surface area (TPSA) is 83.7 Å². The van der Waals surface area contributed by atoms with Gasteiger partial charge in [-0.1, -0.05) is 26.0 Å². The molecule has 0 spiro atoms. The van der Waals surface area contributed by atoms with Crippen LogP contribution in [0.15, 0.2) is 22.7 Å². The molecule has 0 aliphatic heterocycles. The number of hydrogen-bond donors (Lipinski definition) is 1. The minimum absolute atomic E-state index is 0.0184. The molecule has 6 nitrogen and oxygen atoms in total.